The molecule has 4 heteroatoms. The Morgan fingerprint density at radius 3 is 2.17 bits per heavy atom. The van der Waals surface area contributed by atoms with Crippen molar-refractivity contribution in [3.63, 3.8) is 0 Å². The highest BCUT2D eigenvalue weighted by Crippen LogP contribution is 2.25. The summed E-state index contributed by atoms with van der Waals surface area (Å²) in [5, 5.41) is 0. The molecule has 0 radical (unpaired) electrons. The van der Waals surface area contributed by atoms with Crippen LogP contribution in [-0.2, 0) is 4.74 Å². The molecule has 0 aromatic heterocycles. The Kier molecular flexibility index (Phi) is 6.75. The first-order chi connectivity index (χ1) is 11.7. The minimum atomic E-state index is 0.167. The van der Waals surface area contributed by atoms with Gasteiger partial charge < -0.3 is 18.9 Å². The summed E-state index contributed by atoms with van der Waals surface area (Å²) < 4.78 is 21.1. The molecule has 2 aromatic rings. The molecule has 0 bridgehead atoms. The molecule has 0 aliphatic heterocycles. The number of benzene rings is 2. The van der Waals surface area contributed by atoms with E-state index in [2.05, 4.69) is 5.92 Å². The average molecular weight is 324 g/mol. The molecule has 24 heavy (non-hydrogen) atoms. The van der Waals surface area contributed by atoms with Gasteiger partial charge in [-0.15, -0.1) is 6.42 Å². The second-order valence-electron chi connectivity index (χ2n) is 4.89. The molecule has 0 N–H and O–H groups in total. The van der Waals surface area contributed by atoms with E-state index in [0.717, 1.165) is 16.9 Å². The van der Waals surface area contributed by atoms with E-state index >= 15 is 0 Å². The molecule has 0 amide bonds. The zero-order valence-corrected chi connectivity index (χ0v) is 13.8. The largest absolute Gasteiger partial charge is 0.497 e. The van der Waals surface area contributed by atoms with E-state index in [-0.39, 0.29) is 13.4 Å². The van der Waals surface area contributed by atoms with Crippen LogP contribution in [0.4, 0.5) is 0 Å². The maximum atomic E-state index is 5.49. The van der Waals surface area contributed by atoms with Gasteiger partial charge in [0.1, 0.15) is 23.9 Å². The average Bonchev–Trinajstić information content (AvgIpc) is 2.63. The normalized spacial score (nSPS) is 10.4. The van der Waals surface area contributed by atoms with Crippen molar-refractivity contribution < 1.29 is 18.9 Å². The van der Waals surface area contributed by atoms with Crippen molar-refractivity contribution in [2.75, 3.05) is 27.6 Å². The Bertz CT molecular complexity index is 711. The molecule has 0 saturated heterocycles. The smallest absolute Gasteiger partial charge is 0.188 e. The van der Waals surface area contributed by atoms with Gasteiger partial charge in [0.2, 0.25) is 0 Å². The molecule has 0 saturated carbocycles. The van der Waals surface area contributed by atoms with E-state index in [0.29, 0.717) is 11.5 Å². The molecule has 0 aliphatic carbocycles. The van der Waals surface area contributed by atoms with E-state index in [1.807, 2.05) is 48.6 Å². The summed E-state index contributed by atoms with van der Waals surface area (Å²) in [6, 6.07) is 13.4. The first-order valence-electron chi connectivity index (χ1n) is 7.40. The summed E-state index contributed by atoms with van der Waals surface area (Å²) in [5.74, 6) is 4.58. The lowest BCUT2D eigenvalue weighted by Gasteiger charge is -2.09. The molecular formula is C20H20O4. The number of terminal acetylenes is 1. The molecule has 0 spiro atoms. The molecule has 4 nitrogen and oxygen atoms in total. The second kappa shape index (κ2) is 9.29. The van der Waals surface area contributed by atoms with Crippen LogP contribution in [0.3, 0.4) is 0 Å². The lowest BCUT2D eigenvalue weighted by atomic mass is 10.1. The van der Waals surface area contributed by atoms with Gasteiger partial charge in [-0.25, -0.2) is 0 Å². The molecule has 2 rings (SSSR count). The first-order valence-corrected chi connectivity index (χ1v) is 7.40. The third-order valence-corrected chi connectivity index (χ3v) is 3.15. The minimum Gasteiger partial charge on any atom is -0.497 e. The van der Waals surface area contributed by atoms with Gasteiger partial charge in [-0.2, -0.15) is 0 Å². The van der Waals surface area contributed by atoms with Gasteiger partial charge in [-0.05, 0) is 35.4 Å². The summed E-state index contributed by atoms with van der Waals surface area (Å²) in [4.78, 5) is 0. The van der Waals surface area contributed by atoms with Crippen molar-refractivity contribution in [3.05, 3.63) is 53.6 Å². The van der Waals surface area contributed by atoms with Gasteiger partial charge in [0.15, 0.2) is 6.79 Å². The lowest BCUT2D eigenvalue weighted by molar-refractivity contribution is 0.0509. The second-order valence-corrected chi connectivity index (χ2v) is 4.89. The fourth-order valence-electron chi connectivity index (χ4n) is 2.02. The predicted molar refractivity (Wildman–Crippen MR) is 95.2 cm³/mol. The number of rotatable bonds is 8. The Morgan fingerprint density at radius 1 is 0.875 bits per heavy atom. The van der Waals surface area contributed by atoms with Crippen molar-refractivity contribution in [3.8, 4) is 29.6 Å². The standard InChI is InChI=1S/C20H20O4/c1-4-11-23-19-12-17(13-20(14-19)24-15-21-2)6-5-16-7-9-18(22-3)10-8-16/h1,5-10,12-14H,11,15H2,2-3H3/b6-5+. The maximum Gasteiger partial charge on any atom is 0.188 e. The Morgan fingerprint density at radius 2 is 1.54 bits per heavy atom. The van der Waals surface area contributed by atoms with E-state index in [9.17, 15) is 0 Å². The molecular weight excluding hydrogens is 304 g/mol. The van der Waals surface area contributed by atoms with Crippen LogP contribution in [0.1, 0.15) is 11.1 Å². The molecule has 2 aromatic carbocycles. The van der Waals surface area contributed by atoms with Crippen LogP contribution in [0.2, 0.25) is 0 Å². The Balaban J connectivity index is 2.19. The maximum absolute atomic E-state index is 5.49. The van der Waals surface area contributed by atoms with E-state index in [1.165, 1.54) is 0 Å². The molecule has 0 aliphatic rings. The monoisotopic (exact) mass is 324 g/mol. The van der Waals surface area contributed by atoms with Crippen molar-refractivity contribution in [1.82, 2.24) is 0 Å². The number of ether oxygens (including phenoxy) is 4. The van der Waals surface area contributed by atoms with Crippen molar-refractivity contribution in [2.24, 2.45) is 0 Å². The highest BCUT2D eigenvalue weighted by atomic mass is 16.7. The van der Waals surface area contributed by atoms with Gasteiger partial charge >= 0.3 is 0 Å². The molecule has 0 atom stereocenters. The van der Waals surface area contributed by atoms with E-state index in [4.69, 9.17) is 25.4 Å². The highest BCUT2D eigenvalue weighted by Gasteiger charge is 2.02. The van der Waals surface area contributed by atoms with Gasteiger partial charge in [0.25, 0.3) is 0 Å². The topological polar surface area (TPSA) is 36.9 Å². The summed E-state index contributed by atoms with van der Waals surface area (Å²) in [5.41, 5.74) is 2.00. The van der Waals surface area contributed by atoms with Crippen LogP contribution in [0.5, 0.6) is 17.2 Å². The van der Waals surface area contributed by atoms with Gasteiger partial charge in [-0.1, -0.05) is 30.2 Å². The zero-order chi connectivity index (χ0) is 17.2. The zero-order valence-electron chi connectivity index (χ0n) is 13.8. The lowest BCUT2D eigenvalue weighted by Crippen LogP contribution is -2.00. The quantitative estimate of drug-likeness (QED) is 0.420. The molecule has 0 unspecified atom stereocenters. The van der Waals surface area contributed by atoms with Crippen molar-refractivity contribution in [2.45, 2.75) is 0 Å². The SMILES string of the molecule is C#CCOc1cc(/C=C/c2ccc(OC)cc2)cc(OCOC)c1. The number of methoxy groups -OCH3 is 2. The van der Waals surface area contributed by atoms with Crippen molar-refractivity contribution in [1.29, 1.82) is 0 Å². The van der Waals surface area contributed by atoms with Crippen LogP contribution in [-0.4, -0.2) is 27.6 Å². The summed E-state index contributed by atoms with van der Waals surface area (Å²) in [7, 11) is 3.22. The van der Waals surface area contributed by atoms with Gasteiger partial charge in [0, 0.05) is 13.2 Å². The van der Waals surface area contributed by atoms with Gasteiger partial charge in [-0.3, -0.25) is 0 Å². The van der Waals surface area contributed by atoms with Gasteiger partial charge in [0.05, 0.1) is 7.11 Å². The Hall–Kier alpha value is -2.90. The van der Waals surface area contributed by atoms with E-state index < -0.39 is 0 Å². The first kappa shape index (κ1) is 17.5. The van der Waals surface area contributed by atoms with Crippen LogP contribution in [0.15, 0.2) is 42.5 Å². The fraction of sp³-hybridized carbons (Fsp3) is 0.200. The number of hydrogen-bond acceptors (Lipinski definition) is 4. The predicted octanol–water partition coefficient (Wildman–Crippen LogP) is 3.86. The summed E-state index contributed by atoms with van der Waals surface area (Å²) >= 11 is 0. The highest BCUT2D eigenvalue weighted by molar-refractivity contribution is 5.71. The van der Waals surface area contributed by atoms with Crippen LogP contribution < -0.4 is 14.2 Å². The number of hydrogen-bond donors (Lipinski definition) is 0. The van der Waals surface area contributed by atoms with Crippen LogP contribution >= 0.6 is 0 Å². The van der Waals surface area contributed by atoms with Crippen LogP contribution in [0, 0.1) is 12.3 Å². The molecule has 0 heterocycles. The minimum absolute atomic E-state index is 0.167. The summed E-state index contributed by atoms with van der Waals surface area (Å²) in [6.07, 6.45) is 9.22. The Labute approximate surface area is 142 Å². The van der Waals surface area contributed by atoms with Crippen molar-refractivity contribution >= 4 is 12.2 Å². The third kappa shape index (κ3) is 5.38. The van der Waals surface area contributed by atoms with Crippen LogP contribution in [0.25, 0.3) is 12.2 Å². The summed E-state index contributed by atoms with van der Waals surface area (Å²) in [6.45, 7) is 0.371. The fourth-order valence-corrected chi connectivity index (χ4v) is 2.02. The molecule has 0 fully saturated rings. The van der Waals surface area contributed by atoms with E-state index in [1.54, 1.807) is 20.3 Å². The molecule has 124 valence electrons. The third-order valence-electron chi connectivity index (χ3n) is 3.15.